The van der Waals surface area contributed by atoms with Crippen molar-refractivity contribution in [2.75, 3.05) is 19.1 Å². The lowest BCUT2D eigenvalue weighted by Gasteiger charge is -2.25. The van der Waals surface area contributed by atoms with Gasteiger partial charge < -0.3 is 14.6 Å². The third-order valence-corrected chi connectivity index (χ3v) is 5.76. The molecule has 1 aromatic heterocycles. The Balaban J connectivity index is 1.95. The number of ether oxygens (including phenoxy) is 2. The predicted molar refractivity (Wildman–Crippen MR) is 123 cm³/mol. The van der Waals surface area contributed by atoms with Crippen LogP contribution in [0.5, 0.6) is 11.5 Å². The second-order valence-corrected chi connectivity index (χ2v) is 7.91. The number of hydrogen-bond acceptors (Lipinski definition) is 6. The average molecular weight is 495 g/mol. The lowest BCUT2D eigenvalue weighted by molar-refractivity contribution is -0.132. The molecule has 0 saturated carbocycles. The van der Waals surface area contributed by atoms with Gasteiger partial charge in [0.05, 0.1) is 31.4 Å². The van der Waals surface area contributed by atoms with Crippen LogP contribution in [0.25, 0.3) is 5.76 Å². The van der Waals surface area contributed by atoms with Gasteiger partial charge in [-0.25, -0.2) is 0 Å². The molecule has 32 heavy (non-hydrogen) atoms. The van der Waals surface area contributed by atoms with Crippen LogP contribution in [0.15, 0.2) is 77.0 Å². The van der Waals surface area contributed by atoms with E-state index in [2.05, 4.69) is 20.9 Å². The van der Waals surface area contributed by atoms with Crippen molar-refractivity contribution in [2.24, 2.45) is 0 Å². The summed E-state index contributed by atoms with van der Waals surface area (Å²) in [7, 11) is 2.97. The van der Waals surface area contributed by atoms with E-state index in [0.29, 0.717) is 22.7 Å². The Kier molecular flexibility index (Phi) is 5.96. The fourth-order valence-corrected chi connectivity index (χ4v) is 3.97. The normalized spacial score (nSPS) is 17.5. The number of amides is 1. The summed E-state index contributed by atoms with van der Waals surface area (Å²) in [6.07, 6.45) is 3.15. The Morgan fingerprint density at radius 2 is 1.69 bits per heavy atom. The summed E-state index contributed by atoms with van der Waals surface area (Å²) >= 11 is 3.38. The van der Waals surface area contributed by atoms with Crippen LogP contribution in [0, 0.1) is 0 Å². The Hall–Kier alpha value is -3.65. The molecule has 1 atom stereocenters. The van der Waals surface area contributed by atoms with Crippen LogP contribution in [-0.4, -0.2) is 36.0 Å². The van der Waals surface area contributed by atoms with Gasteiger partial charge in [-0.2, -0.15) is 0 Å². The van der Waals surface area contributed by atoms with Crippen molar-refractivity contribution in [2.45, 2.75) is 6.04 Å². The fourth-order valence-electron chi connectivity index (χ4n) is 3.70. The Morgan fingerprint density at radius 3 is 2.31 bits per heavy atom. The van der Waals surface area contributed by atoms with E-state index in [1.807, 2.05) is 0 Å². The molecule has 1 unspecified atom stereocenters. The van der Waals surface area contributed by atoms with Crippen LogP contribution in [0.2, 0.25) is 0 Å². The van der Waals surface area contributed by atoms with E-state index < -0.39 is 17.7 Å². The first-order valence-corrected chi connectivity index (χ1v) is 10.4. The van der Waals surface area contributed by atoms with Crippen molar-refractivity contribution in [1.82, 2.24) is 4.98 Å². The van der Waals surface area contributed by atoms with Crippen molar-refractivity contribution in [1.29, 1.82) is 0 Å². The molecule has 1 N–H and O–H groups in total. The molecule has 1 aliphatic heterocycles. The summed E-state index contributed by atoms with van der Waals surface area (Å²) in [5.74, 6) is -1.01. The molecule has 0 spiro atoms. The number of carbonyl (C=O) groups is 2. The molecule has 0 bridgehead atoms. The summed E-state index contributed by atoms with van der Waals surface area (Å²) in [5, 5.41) is 11.3. The summed E-state index contributed by atoms with van der Waals surface area (Å²) in [6, 6.07) is 14.4. The van der Waals surface area contributed by atoms with Crippen molar-refractivity contribution >= 4 is 39.1 Å². The highest BCUT2D eigenvalue weighted by atomic mass is 79.9. The van der Waals surface area contributed by atoms with Crippen LogP contribution in [0.3, 0.4) is 0 Å². The molecule has 8 heteroatoms. The topological polar surface area (TPSA) is 89.0 Å². The van der Waals surface area contributed by atoms with Crippen LogP contribution < -0.4 is 14.4 Å². The van der Waals surface area contributed by atoms with Crippen molar-refractivity contribution in [3.8, 4) is 11.5 Å². The zero-order valence-corrected chi connectivity index (χ0v) is 18.9. The summed E-state index contributed by atoms with van der Waals surface area (Å²) < 4.78 is 11.4. The molecule has 7 nitrogen and oxygen atoms in total. The van der Waals surface area contributed by atoms with Crippen LogP contribution in [0.4, 0.5) is 5.69 Å². The third kappa shape index (κ3) is 3.73. The second-order valence-electron chi connectivity index (χ2n) is 6.99. The lowest BCUT2D eigenvalue weighted by atomic mass is 9.95. The first-order valence-electron chi connectivity index (χ1n) is 9.65. The zero-order chi connectivity index (χ0) is 22.8. The number of hydrogen-bond donors (Lipinski definition) is 1. The Morgan fingerprint density at radius 1 is 1.00 bits per heavy atom. The highest BCUT2D eigenvalue weighted by Crippen LogP contribution is 2.43. The van der Waals surface area contributed by atoms with E-state index in [1.54, 1.807) is 67.0 Å². The molecule has 4 rings (SSSR count). The largest absolute Gasteiger partial charge is 0.507 e. The quantitative estimate of drug-likeness (QED) is 0.319. The number of carbonyl (C=O) groups excluding carboxylic acids is 2. The van der Waals surface area contributed by atoms with Gasteiger partial charge in [0.2, 0.25) is 0 Å². The fraction of sp³-hybridized carbons (Fsp3) is 0.125. The van der Waals surface area contributed by atoms with Gasteiger partial charge in [-0.1, -0.05) is 15.9 Å². The van der Waals surface area contributed by atoms with E-state index in [1.165, 1.54) is 19.1 Å². The second kappa shape index (κ2) is 8.84. The molecule has 0 aliphatic carbocycles. The number of methoxy groups -OCH3 is 2. The van der Waals surface area contributed by atoms with E-state index in [0.717, 1.165) is 4.47 Å². The number of aliphatic hydroxyl groups is 1. The van der Waals surface area contributed by atoms with E-state index >= 15 is 0 Å². The number of benzene rings is 2. The van der Waals surface area contributed by atoms with E-state index in [9.17, 15) is 14.7 Å². The predicted octanol–water partition coefficient (Wildman–Crippen LogP) is 4.49. The molecular formula is C24H19BrN2O5. The average Bonchev–Trinajstić information content (AvgIpc) is 3.09. The van der Waals surface area contributed by atoms with Gasteiger partial charge in [-0.15, -0.1) is 0 Å². The van der Waals surface area contributed by atoms with Gasteiger partial charge >= 0.3 is 0 Å². The third-order valence-electron chi connectivity index (χ3n) is 5.23. The maximum Gasteiger partial charge on any atom is 0.300 e. The van der Waals surface area contributed by atoms with Crippen molar-refractivity contribution in [3.05, 3.63) is 88.2 Å². The molecule has 162 valence electrons. The van der Waals surface area contributed by atoms with Gasteiger partial charge in [0.25, 0.3) is 11.7 Å². The molecule has 1 amide bonds. The maximum absolute atomic E-state index is 13.2. The number of nitrogens with zero attached hydrogens (tertiary/aromatic N) is 2. The highest BCUT2D eigenvalue weighted by Gasteiger charge is 2.47. The first-order chi connectivity index (χ1) is 15.5. The van der Waals surface area contributed by atoms with Gasteiger partial charge in [0.1, 0.15) is 17.3 Å². The Labute approximate surface area is 193 Å². The first kappa shape index (κ1) is 21.6. The van der Waals surface area contributed by atoms with E-state index in [4.69, 9.17) is 9.47 Å². The molecule has 2 heterocycles. The highest BCUT2D eigenvalue weighted by molar-refractivity contribution is 9.10. The van der Waals surface area contributed by atoms with Crippen LogP contribution in [0.1, 0.15) is 17.2 Å². The number of aromatic nitrogens is 1. The number of pyridine rings is 1. The summed E-state index contributed by atoms with van der Waals surface area (Å²) in [5.41, 5.74) is 1.41. The van der Waals surface area contributed by atoms with Crippen molar-refractivity contribution < 1.29 is 24.2 Å². The summed E-state index contributed by atoms with van der Waals surface area (Å²) in [4.78, 5) is 31.7. The molecule has 1 aliphatic rings. The lowest BCUT2D eigenvalue weighted by Crippen LogP contribution is -2.29. The number of halogens is 1. The van der Waals surface area contributed by atoms with Gasteiger partial charge in [0.15, 0.2) is 0 Å². The molecular weight excluding hydrogens is 476 g/mol. The number of aliphatic hydroxyl groups excluding tert-OH is 1. The number of anilines is 1. The number of Topliss-reactive ketones (excluding diaryl/α,β-unsaturated/α-hetero) is 1. The minimum absolute atomic E-state index is 0.0346. The van der Waals surface area contributed by atoms with Gasteiger partial charge in [-0.3, -0.25) is 19.5 Å². The Bertz CT molecular complexity index is 1210. The van der Waals surface area contributed by atoms with Gasteiger partial charge in [0, 0.05) is 28.6 Å². The molecule has 1 fully saturated rings. The molecule has 0 radical (unpaired) electrons. The van der Waals surface area contributed by atoms with Crippen LogP contribution >= 0.6 is 15.9 Å². The smallest absolute Gasteiger partial charge is 0.300 e. The molecule has 3 aromatic rings. The van der Waals surface area contributed by atoms with Crippen LogP contribution in [-0.2, 0) is 9.59 Å². The number of rotatable bonds is 5. The standard InChI is InChI=1S/C24H19BrN2O5/c1-31-17-7-8-18(19(13-17)32-2)22(28)20-21(14-9-11-26-12-10-14)27(24(30)23(20)29)16-5-3-15(25)4-6-16/h3-13,21,28H,1-2H3/b22-20-. The minimum Gasteiger partial charge on any atom is -0.507 e. The molecule has 2 aromatic carbocycles. The zero-order valence-electron chi connectivity index (χ0n) is 17.3. The summed E-state index contributed by atoms with van der Waals surface area (Å²) in [6.45, 7) is 0. The minimum atomic E-state index is -0.842. The van der Waals surface area contributed by atoms with Gasteiger partial charge in [-0.05, 0) is 54.1 Å². The number of ketones is 1. The SMILES string of the molecule is COc1ccc(/C(O)=C2/C(=O)C(=O)N(c3ccc(Br)cc3)C2c2ccncc2)c(OC)c1. The monoisotopic (exact) mass is 494 g/mol. The molecule has 1 saturated heterocycles. The van der Waals surface area contributed by atoms with Crippen molar-refractivity contribution in [3.63, 3.8) is 0 Å². The van der Waals surface area contributed by atoms with E-state index in [-0.39, 0.29) is 16.9 Å². The maximum atomic E-state index is 13.2.